The second-order valence-electron chi connectivity index (χ2n) is 8.57. The number of amides is 3. The van der Waals surface area contributed by atoms with Gasteiger partial charge in [-0.25, -0.2) is 0 Å². The number of hydrogen-bond acceptors (Lipinski definition) is 7. The smallest absolute Gasteiger partial charge is 0.264 e. The molecule has 3 rings (SSSR count). The van der Waals surface area contributed by atoms with Gasteiger partial charge in [-0.1, -0.05) is 12.1 Å². The van der Waals surface area contributed by atoms with Crippen molar-refractivity contribution in [2.75, 3.05) is 19.3 Å². The number of imide groups is 1. The van der Waals surface area contributed by atoms with Gasteiger partial charge in [0.15, 0.2) is 0 Å². The average molecular weight is 424 g/mol. The molecule has 0 saturated carbocycles. The van der Waals surface area contributed by atoms with Crippen LogP contribution in [0.2, 0.25) is 0 Å². The highest BCUT2D eigenvalue weighted by Gasteiger charge is 2.58. The lowest BCUT2D eigenvalue weighted by molar-refractivity contribution is -0.930. The molecule has 0 radical (unpaired) electrons. The van der Waals surface area contributed by atoms with Crippen molar-refractivity contribution < 1.29 is 36.6 Å². The van der Waals surface area contributed by atoms with Gasteiger partial charge in [-0.3, -0.25) is 23.2 Å². The molecule has 10 heteroatoms. The molecule has 0 aliphatic carbocycles. The van der Waals surface area contributed by atoms with Gasteiger partial charge in [-0.2, -0.15) is 8.42 Å². The standard InChI is InChI=1S/C19H24N2O7S/c1-19(2,3)21(18(24)25)11-13(28-29(4,26)27)9-12(21)10-20-16(22)14-7-5-6-8-15(14)17(20)23/h5-8,12-13H,9-11H2,1-4H3/t12-,13+,21?/m1/s1. The fraction of sp³-hybridized carbons (Fsp3) is 0.526. The number of hydrogen-bond donors (Lipinski definition) is 0. The molecule has 0 spiro atoms. The molecule has 1 aromatic carbocycles. The number of rotatable bonds is 4. The van der Waals surface area contributed by atoms with E-state index < -0.39 is 50.2 Å². The van der Waals surface area contributed by atoms with Crippen LogP contribution in [-0.2, 0) is 14.3 Å². The number of nitrogens with zero attached hydrogens (tertiary/aromatic N) is 2. The second kappa shape index (κ2) is 6.89. The van der Waals surface area contributed by atoms with Crippen LogP contribution in [-0.4, -0.2) is 72.7 Å². The fourth-order valence-corrected chi connectivity index (χ4v) is 5.13. The first kappa shape index (κ1) is 21.4. The van der Waals surface area contributed by atoms with Crippen molar-refractivity contribution in [3.8, 4) is 0 Å². The largest absolute Gasteiger partial charge is 0.498 e. The van der Waals surface area contributed by atoms with Gasteiger partial charge >= 0.3 is 0 Å². The van der Waals surface area contributed by atoms with Crippen LogP contribution in [0.4, 0.5) is 4.79 Å². The molecule has 1 saturated heterocycles. The zero-order valence-corrected chi connectivity index (χ0v) is 17.6. The normalized spacial score (nSPS) is 27.4. The molecule has 1 fully saturated rings. The lowest BCUT2D eigenvalue weighted by atomic mass is 9.99. The summed E-state index contributed by atoms with van der Waals surface area (Å²) >= 11 is 0. The highest BCUT2D eigenvalue weighted by atomic mass is 32.2. The minimum absolute atomic E-state index is 0.0473. The van der Waals surface area contributed by atoms with E-state index in [2.05, 4.69) is 0 Å². The lowest BCUT2D eigenvalue weighted by Gasteiger charge is -2.49. The quantitative estimate of drug-likeness (QED) is 0.389. The Bertz CT molecular complexity index is 948. The molecule has 1 aromatic rings. The molecule has 158 valence electrons. The summed E-state index contributed by atoms with van der Waals surface area (Å²) in [5.74, 6) is -0.994. The van der Waals surface area contributed by atoms with Gasteiger partial charge in [0.25, 0.3) is 28.0 Å². The number of benzene rings is 1. The van der Waals surface area contributed by atoms with Crippen LogP contribution in [0.1, 0.15) is 47.9 Å². The summed E-state index contributed by atoms with van der Waals surface area (Å²) in [6.07, 6.45) is -1.36. The van der Waals surface area contributed by atoms with Gasteiger partial charge in [0.2, 0.25) is 0 Å². The summed E-state index contributed by atoms with van der Waals surface area (Å²) in [6.45, 7) is 4.76. The maximum Gasteiger partial charge on any atom is 0.264 e. The Morgan fingerprint density at radius 1 is 1.21 bits per heavy atom. The molecule has 9 nitrogen and oxygen atoms in total. The highest BCUT2D eigenvalue weighted by molar-refractivity contribution is 7.86. The topological polar surface area (TPSA) is 121 Å². The summed E-state index contributed by atoms with van der Waals surface area (Å²) in [7, 11) is -3.82. The average Bonchev–Trinajstić information content (AvgIpc) is 3.05. The van der Waals surface area contributed by atoms with Gasteiger partial charge in [0.05, 0.1) is 29.5 Å². The first-order valence-corrected chi connectivity index (χ1v) is 11.0. The van der Waals surface area contributed by atoms with Crippen molar-refractivity contribution in [3.05, 3.63) is 35.4 Å². The number of quaternary nitrogens is 1. The van der Waals surface area contributed by atoms with E-state index in [0.29, 0.717) is 0 Å². The predicted molar refractivity (Wildman–Crippen MR) is 100 cm³/mol. The third-order valence-corrected chi connectivity index (χ3v) is 6.38. The summed E-state index contributed by atoms with van der Waals surface area (Å²) in [5, 5.41) is 12.3. The number of likely N-dealkylation sites (tertiary alicyclic amines) is 1. The molecule has 3 amide bonds. The molecular formula is C19H24N2O7S. The summed E-state index contributed by atoms with van der Waals surface area (Å²) < 4.78 is 27.7. The second-order valence-corrected chi connectivity index (χ2v) is 10.2. The molecule has 1 unspecified atom stereocenters. The van der Waals surface area contributed by atoms with E-state index in [1.807, 2.05) is 0 Å². The minimum atomic E-state index is -3.82. The van der Waals surface area contributed by atoms with Crippen molar-refractivity contribution in [3.63, 3.8) is 0 Å². The zero-order chi connectivity index (χ0) is 21.8. The Kier molecular flexibility index (Phi) is 5.09. The SMILES string of the molecule is CC(C)(C)[N+]1(C(=O)[O-])C[C@@H](OS(C)(=O)=O)C[C@@H]1CN1C(=O)c2ccccc2C1=O. The van der Waals surface area contributed by atoms with E-state index in [1.165, 1.54) is 0 Å². The van der Waals surface area contributed by atoms with Crippen LogP contribution < -0.4 is 5.11 Å². The van der Waals surface area contributed by atoms with Crippen LogP contribution in [0.3, 0.4) is 0 Å². The Balaban J connectivity index is 1.98. The molecule has 0 aromatic heterocycles. The van der Waals surface area contributed by atoms with Crippen molar-refractivity contribution in [1.82, 2.24) is 4.90 Å². The predicted octanol–water partition coefficient (Wildman–Crippen LogP) is 0.358. The number of fused-ring (bicyclic) bond motifs is 1. The molecule has 0 bridgehead atoms. The zero-order valence-electron chi connectivity index (χ0n) is 16.7. The maximum absolute atomic E-state index is 12.7. The van der Waals surface area contributed by atoms with Crippen molar-refractivity contribution in [2.45, 2.75) is 44.9 Å². The Hall–Kier alpha value is -2.30. The van der Waals surface area contributed by atoms with E-state index in [9.17, 15) is 27.9 Å². The third kappa shape index (κ3) is 3.56. The van der Waals surface area contributed by atoms with Gasteiger partial charge in [-0.05, 0) is 32.9 Å². The van der Waals surface area contributed by atoms with Crippen LogP contribution in [0.5, 0.6) is 0 Å². The molecule has 0 N–H and O–H groups in total. The van der Waals surface area contributed by atoms with Crippen LogP contribution in [0.15, 0.2) is 24.3 Å². The van der Waals surface area contributed by atoms with Crippen molar-refractivity contribution >= 4 is 28.0 Å². The molecular weight excluding hydrogens is 400 g/mol. The Morgan fingerprint density at radius 3 is 2.14 bits per heavy atom. The Labute approximate surface area is 169 Å². The summed E-state index contributed by atoms with van der Waals surface area (Å²) in [4.78, 5) is 38.8. The molecule has 2 heterocycles. The van der Waals surface area contributed by atoms with Gasteiger partial charge in [0, 0.05) is 6.42 Å². The van der Waals surface area contributed by atoms with Crippen LogP contribution in [0, 0.1) is 0 Å². The van der Waals surface area contributed by atoms with E-state index in [4.69, 9.17) is 4.18 Å². The number of carboxylic acid groups (broad SMARTS) is 1. The fourth-order valence-electron chi connectivity index (χ4n) is 4.49. The minimum Gasteiger partial charge on any atom is -0.498 e. The lowest BCUT2D eigenvalue weighted by Crippen LogP contribution is -2.71. The Morgan fingerprint density at radius 2 is 1.72 bits per heavy atom. The number of carbonyl (C=O) groups is 3. The third-order valence-electron chi connectivity index (χ3n) is 5.76. The first-order valence-electron chi connectivity index (χ1n) is 9.21. The van der Waals surface area contributed by atoms with Gasteiger partial charge in [0.1, 0.15) is 18.7 Å². The van der Waals surface area contributed by atoms with Gasteiger partial charge < -0.3 is 9.90 Å². The summed E-state index contributed by atoms with van der Waals surface area (Å²) in [6, 6.07) is 5.61. The van der Waals surface area contributed by atoms with Crippen LogP contribution >= 0.6 is 0 Å². The highest BCUT2D eigenvalue weighted by Crippen LogP contribution is 2.39. The number of carbonyl (C=O) groups excluding carboxylic acids is 3. The van der Waals surface area contributed by atoms with E-state index in [-0.39, 0.29) is 30.6 Å². The molecule has 2 aliphatic rings. The van der Waals surface area contributed by atoms with E-state index in [1.54, 1.807) is 45.0 Å². The van der Waals surface area contributed by atoms with Crippen LogP contribution in [0.25, 0.3) is 0 Å². The maximum atomic E-state index is 12.7. The molecule has 2 aliphatic heterocycles. The van der Waals surface area contributed by atoms with E-state index in [0.717, 1.165) is 11.2 Å². The first-order chi connectivity index (χ1) is 13.3. The monoisotopic (exact) mass is 424 g/mol. The summed E-state index contributed by atoms with van der Waals surface area (Å²) in [5.41, 5.74) is -0.360. The molecule has 3 atom stereocenters. The van der Waals surface area contributed by atoms with Crippen molar-refractivity contribution in [1.29, 1.82) is 0 Å². The molecule has 29 heavy (non-hydrogen) atoms. The van der Waals surface area contributed by atoms with E-state index >= 15 is 0 Å². The van der Waals surface area contributed by atoms with Gasteiger partial charge in [-0.15, -0.1) is 0 Å². The van der Waals surface area contributed by atoms with Crippen molar-refractivity contribution in [2.24, 2.45) is 0 Å².